The number of aromatic nitrogens is 1. The quantitative estimate of drug-likeness (QED) is 0.924. The second-order valence-corrected chi connectivity index (χ2v) is 6.70. The number of hydrogen-bond donors (Lipinski definition) is 1. The summed E-state index contributed by atoms with van der Waals surface area (Å²) >= 11 is 0. The monoisotopic (exact) mass is 306 g/mol. The molecule has 1 amide bonds. The number of ether oxygens (including phenoxy) is 1. The van der Waals surface area contributed by atoms with Crippen molar-refractivity contribution in [3.05, 3.63) is 23.9 Å². The molecular weight excluding hydrogens is 280 g/mol. The number of likely N-dealkylation sites (tertiary alicyclic amines) is 1. The zero-order valence-electron chi connectivity index (χ0n) is 13.7. The Morgan fingerprint density at radius 2 is 2.27 bits per heavy atom. The molecule has 0 spiro atoms. The van der Waals surface area contributed by atoms with Crippen LogP contribution in [0.2, 0.25) is 0 Å². The molecule has 1 unspecified atom stereocenters. The van der Waals surface area contributed by atoms with Gasteiger partial charge >= 0.3 is 0 Å². The summed E-state index contributed by atoms with van der Waals surface area (Å²) in [5.41, 5.74) is 0.658. The highest BCUT2D eigenvalue weighted by Crippen LogP contribution is 2.28. The van der Waals surface area contributed by atoms with Crippen LogP contribution in [0, 0.1) is 5.41 Å². The van der Waals surface area contributed by atoms with E-state index in [9.17, 15) is 9.90 Å². The van der Waals surface area contributed by atoms with Gasteiger partial charge in [0, 0.05) is 19.2 Å². The van der Waals surface area contributed by atoms with Crippen LogP contribution in [0.1, 0.15) is 39.3 Å². The van der Waals surface area contributed by atoms with Crippen molar-refractivity contribution < 1.29 is 14.6 Å². The molecule has 5 nitrogen and oxygen atoms in total. The lowest BCUT2D eigenvalue weighted by atomic mass is 9.87. The third-order valence-corrected chi connectivity index (χ3v) is 3.90. The van der Waals surface area contributed by atoms with E-state index in [-0.39, 0.29) is 23.8 Å². The Labute approximate surface area is 132 Å². The first-order valence-corrected chi connectivity index (χ1v) is 7.94. The number of aliphatic hydroxyl groups excluding tert-OH is 1. The maximum atomic E-state index is 12.5. The van der Waals surface area contributed by atoms with Gasteiger partial charge in [0.1, 0.15) is 0 Å². The number of amides is 1. The van der Waals surface area contributed by atoms with Gasteiger partial charge in [0.25, 0.3) is 0 Å². The van der Waals surface area contributed by atoms with Crippen LogP contribution in [-0.2, 0) is 11.2 Å². The first kappa shape index (κ1) is 16.7. The molecule has 0 saturated carbocycles. The minimum Gasteiger partial charge on any atom is -0.478 e. The van der Waals surface area contributed by atoms with E-state index in [2.05, 4.69) is 18.8 Å². The van der Waals surface area contributed by atoms with Gasteiger partial charge in [-0.15, -0.1) is 0 Å². The van der Waals surface area contributed by atoms with Gasteiger partial charge in [0.05, 0.1) is 24.8 Å². The Bertz CT molecular complexity index is 516. The second kappa shape index (κ2) is 7.09. The second-order valence-electron chi connectivity index (χ2n) is 6.70. The normalized spacial score (nSPS) is 21.3. The van der Waals surface area contributed by atoms with Crippen LogP contribution in [0.3, 0.4) is 0 Å². The Morgan fingerprint density at radius 1 is 1.50 bits per heavy atom. The van der Waals surface area contributed by atoms with E-state index < -0.39 is 0 Å². The predicted octanol–water partition coefficient (Wildman–Crippen LogP) is 2.03. The summed E-state index contributed by atoms with van der Waals surface area (Å²) < 4.78 is 5.37. The van der Waals surface area contributed by atoms with E-state index in [4.69, 9.17) is 4.74 Å². The van der Waals surface area contributed by atoms with Gasteiger partial charge in [-0.25, -0.2) is 4.98 Å². The Balaban J connectivity index is 2.03. The summed E-state index contributed by atoms with van der Waals surface area (Å²) in [4.78, 5) is 18.8. The fraction of sp³-hybridized carbons (Fsp3) is 0.647. The molecule has 1 saturated heterocycles. The van der Waals surface area contributed by atoms with E-state index in [1.54, 1.807) is 6.07 Å². The third-order valence-electron chi connectivity index (χ3n) is 3.90. The highest BCUT2D eigenvalue weighted by Gasteiger charge is 2.31. The first-order valence-electron chi connectivity index (χ1n) is 7.94. The summed E-state index contributed by atoms with van der Waals surface area (Å²) in [6.07, 6.45) is 1.32. The number of carbonyl (C=O) groups excluding carboxylic acids is 1. The summed E-state index contributed by atoms with van der Waals surface area (Å²) in [5.74, 6) is 0.614. The molecule has 5 heteroatoms. The molecule has 1 atom stereocenters. The molecular formula is C17H26N2O3. The molecule has 2 rings (SSSR count). The van der Waals surface area contributed by atoms with Gasteiger partial charge < -0.3 is 14.7 Å². The average molecular weight is 306 g/mol. The van der Waals surface area contributed by atoms with E-state index >= 15 is 0 Å². The average Bonchev–Trinajstić information content (AvgIpc) is 2.57. The molecule has 1 fully saturated rings. The molecule has 1 aromatic heterocycles. The van der Waals surface area contributed by atoms with E-state index in [0.29, 0.717) is 32.0 Å². The van der Waals surface area contributed by atoms with Crippen LogP contribution in [0.15, 0.2) is 18.2 Å². The summed E-state index contributed by atoms with van der Waals surface area (Å²) in [5, 5.41) is 9.94. The van der Waals surface area contributed by atoms with Crippen LogP contribution in [0.4, 0.5) is 0 Å². The smallest absolute Gasteiger partial charge is 0.228 e. The Kier molecular flexibility index (Phi) is 5.40. The van der Waals surface area contributed by atoms with Crippen LogP contribution >= 0.6 is 0 Å². The molecule has 122 valence electrons. The van der Waals surface area contributed by atoms with E-state index in [0.717, 1.165) is 12.1 Å². The Hall–Kier alpha value is -1.62. The molecule has 0 aliphatic carbocycles. The van der Waals surface area contributed by atoms with Crippen LogP contribution < -0.4 is 4.74 Å². The minimum absolute atomic E-state index is 0.0586. The van der Waals surface area contributed by atoms with Crippen LogP contribution in [0.5, 0.6) is 5.88 Å². The standard InChI is InChI=1S/C17H26N2O3/c1-4-22-15-7-5-6-13(18-15)10-16(21)19-9-8-14(20)11-17(2,3)12-19/h5-7,14,20H,4,8-12H2,1-3H3. The summed E-state index contributed by atoms with van der Waals surface area (Å²) in [6, 6.07) is 5.50. The van der Waals surface area contributed by atoms with Gasteiger partial charge in [-0.2, -0.15) is 0 Å². The van der Waals surface area contributed by atoms with Crippen molar-refractivity contribution in [2.75, 3.05) is 19.7 Å². The number of hydrogen-bond acceptors (Lipinski definition) is 4. The lowest BCUT2D eigenvalue weighted by molar-refractivity contribution is -0.131. The van der Waals surface area contributed by atoms with Gasteiger partial charge in [0.15, 0.2) is 0 Å². The van der Waals surface area contributed by atoms with Crippen molar-refractivity contribution in [2.45, 2.75) is 46.1 Å². The fourth-order valence-corrected chi connectivity index (χ4v) is 2.97. The lowest BCUT2D eigenvalue weighted by Crippen LogP contribution is -2.38. The van der Waals surface area contributed by atoms with E-state index in [1.807, 2.05) is 24.0 Å². The predicted molar refractivity (Wildman–Crippen MR) is 84.7 cm³/mol. The third kappa shape index (κ3) is 4.70. The zero-order chi connectivity index (χ0) is 16.2. The number of carbonyl (C=O) groups is 1. The topological polar surface area (TPSA) is 62.7 Å². The van der Waals surface area contributed by atoms with E-state index in [1.165, 1.54) is 0 Å². The molecule has 1 N–H and O–H groups in total. The van der Waals surface area contributed by atoms with Crippen molar-refractivity contribution >= 4 is 5.91 Å². The van der Waals surface area contributed by atoms with Crippen molar-refractivity contribution in [2.24, 2.45) is 5.41 Å². The van der Waals surface area contributed by atoms with Crippen molar-refractivity contribution in [1.29, 1.82) is 0 Å². The fourth-order valence-electron chi connectivity index (χ4n) is 2.97. The molecule has 2 heterocycles. The number of nitrogens with zero attached hydrogens (tertiary/aromatic N) is 2. The number of aliphatic hydroxyl groups is 1. The molecule has 1 aromatic rings. The van der Waals surface area contributed by atoms with Crippen LogP contribution in [-0.4, -0.2) is 46.7 Å². The molecule has 0 radical (unpaired) electrons. The van der Waals surface area contributed by atoms with Gasteiger partial charge in [-0.05, 0) is 31.2 Å². The maximum absolute atomic E-state index is 12.5. The zero-order valence-corrected chi connectivity index (χ0v) is 13.7. The molecule has 1 aliphatic heterocycles. The van der Waals surface area contributed by atoms with Gasteiger partial charge in [-0.3, -0.25) is 4.79 Å². The number of pyridine rings is 1. The SMILES string of the molecule is CCOc1cccc(CC(=O)N2CCC(O)CC(C)(C)C2)n1. The maximum Gasteiger partial charge on any atom is 0.228 e. The first-order chi connectivity index (χ1) is 10.4. The molecule has 0 bridgehead atoms. The Morgan fingerprint density at radius 3 is 3.00 bits per heavy atom. The highest BCUT2D eigenvalue weighted by molar-refractivity contribution is 5.78. The molecule has 22 heavy (non-hydrogen) atoms. The van der Waals surface area contributed by atoms with Gasteiger partial charge in [0.2, 0.25) is 11.8 Å². The molecule has 0 aromatic carbocycles. The van der Waals surface area contributed by atoms with Crippen molar-refractivity contribution in [3.8, 4) is 5.88 Å². The van der Waals surface area contributed by atoms with Crippen molar-refractivity contribution in [3.63, 3.8) is 0 Å². The van der Waals surface area contributed by atoms with Crippen LogP contribution in [0.25, 0.3) is 0 Å². The largest absolute Gasteiger partial charge is 0.478 e. The number of rotatable bonds is 4. The lowest BCUT2D eigenvalue weighted by Gasteiger charge is -2.29. The summed E-state index contributed by atoms with van der Waals surface area (Å²) in [7, 11) is 0. The summed E-state index contributed by atoms with van der Waals surface area (Å²) in [6.45, 7) is 7.93. The highest BCUT2D eigenvalue weighted by atomic mass is 16.5. The van der Waals surface area contributed by atoms with Gasteiger partial charge in [-0.1, -0.05) is 19.9 Å². The minimum atomic E-state index is -0.327. The van der Waals surface area contributed by atoms with Crippen molar-refractivity contribution in [1.82, 2.24) is 9.88 Å². The molecule has 1 aliphatic rings.